The van der Waals surface area contributed by atoms with Crippen LogP contribution in [-0.2, 0) is 21.0 Å². The van der Waals surface area contributed by atoms with E-state index in [1.54, 1.807) is 0 Å². The number of nitrogens with zero attached hydrogens (tertiary/aromatic N) is 1. The molecule has 0 saturated heterocycles. The van der Waals surface area contributed by atoms with Crippen LogP contribution < -0.4 is 9.47 Å². The number of carbonyl (C=O) groups excluding carboxylic acids is 2. The largest absolute Gasteiger partial charge is 0.490 e. The summed E-state index contributed by atoms with van der Waals surface area (Å²) in [7, 11) is 0. The Hall–Kier alpha value is -3.14. The molecule has 228 valence electrons. The molecule has 2 aromatic carbocycles. The molecule has 1 N–H and O–H groups in total. The summed E-state index contributed by atoms with van der Waals surface area (Å²) in [6.45, 7) is 11.3. The van der Waals surface area contributed by atoms with E-state index in [9.17, 15) is 19.5 Å². The summed E-state index contributed by atoms with van der Waals surface area (Å²) in [5.41, 5.74) is 4.24. The molecule has 43 heavy (non-hydrogen) atoms. The molecule has 0 radical (unpaired) electrons. The van der Waals surface area contributed by atoms with Crippen molar-refractivity contribution in [3.63, 3.8) is 0 Å². The highest BCUT2D eigenvalue weighted by atomic mass is 127. The zero-order valence-electron chi connectivity index (χ0n) is 25.6. The van der Waals surface area contributed by atoms with E-state index >= 15 is 0 Å². The Morgan fingerprint density at radius 2 is 1.51 bits per heavy atom. The van der Waals surface area contributed by atoms with E-state index in [0.29, 0.717) is 61.5 Å². The fourth-order valence-corrected chi connectivity index (χ4v) is 7.53. The first-order valence-corrected chi connectivity index (χ1v) is 16.0. The van der Waals surface area contributed by atoms with Gasteiger partial charge in [0.2, 0.25) is 0 Å². The first-order chi connectivity index (χ1) is 20.3. The van der Waals surface area contributed by atoms with Crippen molar-refractivity contribution in [2.24, 2.45) is 10.8 Å². The monoisotopic (exact) mass is 697 g/mol. The Bertz CT molecular complexity index is 1470. The molecule has 0 fully saturated rings. The number of ketones is 2. The molecular formula is C35H40INO6. The van der Waals surface area contributed by atoms with Crippen LogP contribution in [0.1, 0.15) is 83.8 Å². The maximum atomic E-state index is 14.0. The first kappa shape index (κ1) is 31.3. The highest BCUT2D eigenvalue weighted by Gasteiger charge is 2.49. The second-order valence-corrected chi connectivity index (χ2v) is 14.5. The van der Waals surface area contributed by atoms with Gasteiger partial charge in [-0.3, -0.25) is 14.4 Å². The third-order valence-electron chi connectivity index (χ3n) is 8.46. The molecule has 8 heteroatoms. The van der Waals surface area contributed by atoms with Gasteiger partial charge in [0, 0.05) is 47.8 Å². The Morgan fingerprint density at radius 1 is 0.930 bits per heavy atom. The maximum absolute atomic E-state index is 14.0. The summed E-state index contributed by atoms with van der Waals surface area (Å²) < 4.78 is 13.2. The second-order valence-electron chi connectivity index (χ2n) is 13.4. The van der Waals surface area contributed by atoms with E-state index in [0.717, 1.165) is 26.1 Å². The van der Waals surface area contributed by atoms with Crippen molar-refractivity contribution in [3.05, 3.63) is 79.7 Å². The minimum Gasteiger partial charge on any atom is -0.490 e. The standard InChI is InChI=1S/C35H40INO6/c1-6-42-28-15-22(14-23(36)33(28)43-20-21-10-8-7-9-11-21)30-31-24(16-34(2,3)18-26(31)38)37(13-12-29(40)41)25-17-35(4,5)19-27(39)32(25)30/h7-11,14-15,30H,6,12-13,16-20H2,1-5H3,(H,40,41). The molecule has 0 atom stereocenters. The number of carboxylic acid groups (broad SMARTS) is 1. The Labute approximate surface area is 267 Å². The SMILES string of the molecule is CCOc1cc(C2C3=C(CC(C)(C)CC3=O)N(CCC(=O)O)C3=C2C(=O)CC(C)(C)C3)cc(I)c1OCc1ccccc1. The van der Waals surface area contributed by atoms with Crippen molar-refractivity contribution in [1.82, 2.24) is 4.90 Å². The molecule has 0 amide bonds. The summed E-state index contributed by atoms with van der Waals surface area (Å²) in [5, 5.41) is 9.61. The lowest BCUT2D eigenvalue weighted by Crippen LogP contribution is -2.45. The van der Waals surface area contributed by atoms with Crippen molar-refractivity contribution >= 4 is 40.1 Å². The second kappa shape index (κ2) is 12.1. The molecule has 0 aromatic heterocycles. The van der Waals surface area contributed by atoms with Crippen LogP contribution >= 0.6 is 22.6 Å². The summed E-state index contributed by atoms with van der Waals surface area (Å²) >= 11 is 2.25. The number of hydrogen-bond acceptors (Lipinski definition) is 6. The van der Waals surface area contributed by atoms with Gasteiger partial charge in [0.1, 0.15) is 6.61 Å². The zero-order valence-corrected chi connectivity index (χ0v) is 27.7. The molecule has 2 aromatic rings. The molecule has 1 heterocycles. The zero-order chi connectivity index (χ0) is 31.1. The van der Waals surface area contributed by atoms with Crippen LogP contribution in [0.3, 0.4) is 0 Å². The smallest absolute Gasteiger partial charge is 0.305 e. The van der Waals surface area contributed by atoms with Gasteiger partial charge >= 0.3 is 5.97 Å². The number of rotatable bonds is 9. The van der Waals surface area contributed by atoms with Crippen LogP contribution in [0.15, 0.2) is 65.0 Å². The molecular weight excluding hydrogens is 657 g/mol. The Kier molecular flexibility index (Phi) is 8.80. The molecule has 0 spiro atoms. The van der Waals surface area contributed by atoms with E-state index in [-0.39, 0.29) is 35.4 Å². The Balaban J connectivity index is 1.68. The number of ether oxygens (including phenoxy) is 2. The van der Waals surface area contributed by atoms with Crippen molar-refractivity contribution in [2.75, 3.05) is 13.2 Å². The average Bonchev–Trinajstić information content (AvgIpc) is 2.90. The summed E-state index contributed by atoms with van der Waals surface area (Å²) in [6.07, 6.45) is 1.91. The third kappa shape index (κ3) is 6.54. The van der Waals surface area contributed by atoms with E-state index in [4.69, 9.17) is 9.47 Å². The van der Waals surface area contributed by atoms with Crippen LogP contribution in [0.25, 0.3) is 0 Å². The minimum absolute atomic E-state index is 0.0122. The molecule has 5 rings (SSSR count). The number of carbonyl (C=O) groups is 3. The normalized spacial score (nSPS) is 19.7. The van der Waals surface area contributed by atoms with E-state index in [2.05, 4.69) is 50.3 Å². The van der Waals surface area contributed by atoms with Crippen LogP contribution in [0.5, 0.6) is 11.5 Å². The average molecular weight is 698 g/mol. The molecule has 7 nitrogen and oxygen atoms in total. The van der Waals surface area contributed by atoms with Crippen molar-refractivity contribution < 1.29 is 29.0 Å². The topological polar surface area (TPSA) is 93.1 Å². The number of carboxylic acids is 1. The lowest BCUT2D eigenvalue weighted by atomic mass is 9.63. The van der Waals surface area contributed by atoms with Crippen LogP contribution in [-0.4, -0.2) is 40.7 Å². The van der Waals surface area contributed by atoms with Gasteiger partial charge in [0.25, 0.3) is 0 Å². The highest BCUT2D eigenvalue weighted by molar-refractivity contribution is 14.1. The van der Waals surface area contributed by atoms with Crippen LogP contribution in [0.4, 0.5) is 0 Å². The van der Waals surface area contributed by atoms with E-state index in [1.807, 2.05) is 54.3 Å². The third-order valence-corrected chi connectivity index (χ3v) is 9.26. The molecule has 0 unspecified atom stereocenters. The number of aliphatic carboxylic acids is 1. The molecule has 1 aliphatic heterocycles. The molecule has 0 saturated carbocycles. The predicted octanol–water partition coefficient (Wildman–Crippen LogP) is 7.43. The number of hydrogen-bond donors (Lipinski definition) is 1. The first-order valence-electron chi connectivity index (χ1n) is 14.9. The van der Waals surface area contributed by atoms with E-state index < -0.39 is 11.9 Å². The van der Waals surface area contributed by atoms with Crippen LogP contribution in [0.2, 0.25) is 0 Å². The number of allylic oxidation sites excluding steroid dienone is 4. The molecule has 3 aliphatic rings. The maximum Gasteiger partial charge on any atom is 0.305 e. The van der Waals surface area contributed by atoms with Gasteiger partial charge in [-0.1, -0.05) is 58.0 Å². The number of benzene rings is 2. The number of halogens is 1. The van der Waals surface area contributed by atoms with Gasteiger partial charge in [-0.05, 0) is 76.4 Å². The van der Waals surface area contributed by atoms with Crippen molar-refractivity contribution in [2.45, 2.75) is 79.2 Å². The van der Waals surface area contributed by atoms with Gasteiger partial charge in [-0.25, -0.2) is 0 Å². The van der Waals surface area contributed by atoms with Gasteiger partial charge in [0.05, 0.1) is 16.6 Å². The Morgan fingerprint density at radius 3 is 2.05 bits per heavy atom. The van der Waals surface area contributed by atoms with Gasteiger partial charge in [0.15, 0.2) is 23.1 Å². The summed E-state index contributed by atoms with van der Waals surface area (Å²) in [4.78, 5) is 41.8. The highest BCUT2D eigenvalue weighted by Crippen LogP contribution is 2.55. The minimum atomic E-state index is -0.906. The summed E-state index contributed by atoms with van der Waals surface area (Å²) in [5.74, 6) is -0.226. The lowest BCUT2D eigenvalue weighted by Gasteiger charge is -2.49. The van der Waals surface area contributed by atoms with Gasteiger partial charge in [-0.15, -0.1) is 0 Å². The van der Waals surface area contributed by atoms with Gasteiger partial charge in [-0.2, -0.15) is 0 Å². The molecule has 0 bridgehead atoms. The van der Waals surface area contributed by atoms with E-state index in [1.165, 1.54) is 0 Å². The number of Topliss-reactive ketones (excluding diaryl/α,β-unsaturated/α-hetero) is 2. The molecule has 2 aliphatic carbocycles. The van der Waals surface area contributed by atoms with Crippen LogP contribution in [0, 0.1) is 14.4 Å². The van der Waals surface area contributed by atoms with Gasteiger partial charge < -0.3 is 19.5 Å². The lowest BCUT2D eigenvalue weighted by molar-refractivity contribution is -0.137. The van der Waals surface area contributed by atoms with Crippen molar-refractivity contribution in [1.29, 1.82) is 0 Å². The fraction of sp³-hybridized carbons (Fsp3) is 0.457. The van der Waals surface area contributed by atoms with Crippen molar-refractivity contribution in [3.8, 4) is 11.5 Å². The quantitative estimate of drug-likeness (QED) is 0.273. The fourth-order valence-electron chi connectivity index (χ4n) is 6.75. The predicted molar refractivity (Wildman–Crippen MR) is 173 cm³/mol. The summed E-state index contributed by atoms with van der Waals surface area (Å²) in [6, 6.07) is 13.9.